The SMILES string of the molecule is CCCn1cnnc1CNS(=O)(=O)c1cc(C(C)C)c(C)cc1OC. The number of hydrogen-bond donors (Lipinski definition) is 1. The maximum Gasteiger partial charge on any atom is 0.244 e. The number of aryl methyl sites for hydroxylation is 2. The molecule has 25 heavy (non-hydrogen) atoms. The summed E-state index contributed by atoms with van der Waals surface area (Å²) < 4.78 is 35.4. The number of benzene rings is 1. The van der Waals surface area contributed by atoms with E-state index in [-0.39, 0.29) is 17.4 Å². The van der Waals surface area contributed by atoms with E-state index in [4.69, 9.17) is 4.74 Å². The van der Waals surface area contributed by atoms with Gasteiger partial charge in [-0.2, -0.15) is 0 Å². The number of ether oxygens (including phenoxy) is 1. The van der Waals surface area contributed by atoms with Gasteiger partial charge < -0.3 is 9.30 Å². The smallest absolute Gasteiger partial charge is 0.244 e. The Labute approximate surface area is 149 Å². The molecule has 0 bridgehead atoms. The largest absolute Gasteiger partial charge is 0.495 e. The highest BCUT2D eigenvalue weighted by molar-refractivity contribution is 7.89. The van der Waals surface area contributed by atoms with Crippen LogP contribution in [0.25, 0.3) is 0 Å². The van der Waals surface area contributed by atoms with Crippen LogP contribution >= 0.6 is 0 Å². The van der Waals surface area contributed by atoms with E-state index in [1.807, 2.05) is 32.3 Å². The van der Waals surface area contributed by atoms with Crippen molar-refractivity contribution >= 4 is 10.0 Å². The summed E-state index contributed by atoms with van der Waals surface area (Å²) in [5.41, 5.74) is 1.99. The third-order valence-electron chi connectivity index (χ3n) is 4.04. The van der Waals surface area contributed by atoms with Crippen LogP contribution in [0.1, 0.15) is 50.1 Å². The molecule has 1 aromatic heterocycles. The fraction of sp³-hybridized carbons (Fsp3) is 0.529. The second-order valence-corrected chi connectivity index (χ2v) is 8.01. The van der Waals surface area contributed by atoms with Crippen LogP contribution in [-0.4, -0.2) is 30.3 Å². The van der Waals surface area contributed by atoms with Crippen molar-refractivity contribution in [1.82, 2.24) is 19.5 Å². The van der Waals surface area contributed by atoms with Crippen LogP contribution in [0.4, 0.5) is 0 Å². The Bertz CT molecular complexity index is 828. The van der Waals surface area contributed by atoms with Crippen LogP contribution in [0.3, 0.4) is 0 Å². The fourth-order valence-corrected chi connectivity index (χ4v) is 3.91. The van der Waals surface area contributed by atoms with Gasteiger partial charge in [0.15, 0.2) is 0 Å². The molecular weight excluding hydrogens is 340 g/mol. The molecule has 0 aliphatic carbocycles. The van der Waals surface area contributed by atoms with Crippen LogP contribution in [-0.2, 0) is 23.1 Å². The van der Waals surface area contributed by atoms with Crippen molar-refractivity contribution in [2.75, 3.05) is 7.11 Å². The van der Waals surface area contributed by atoms with Crippen LogP contribution in [0.15, 0.2) is 23.4 Å². The molecule has 0 fully saturated rings. The molecule has 0 radical (unpaired) electrons. The first-order valence-electron chi connectivity index (χ1n) is 8.35. The molecule has 2 aromatic rings. The number of nitrogens with one attached hydrogen (secondary N) is 1. The van der Waals surface area contributed by atoms with Gasteiger partial charge in [-0.25, -0.2) is 13.1 Å². The van der Waals surface area contributed by atoms with Crippen LogP contribution in [0.2, 0.25) is 0 Å². The summed E-state index contributed by atoms with van der Waals surface area (Å²) in [6.07, 6.45) is 2.53. The topological polar surface area (TPSA) is 86.1 Å². The van der Waals surface area contributed by atoms with E-state index in [9.17, 15) is 8.42 Å². The van der Waals surface area contributed by atoms with Gasteiger partial charge in [-0.05, 0) is 42.5 Å². The zero-order valence-corrected chi connectivity index (χ0v) is 16.2. The monoisotopic (exact) mass is 366 g/mol. The Morgan fingerprint density at radius 3 is 2.64 bits per heavy atom. The second-order valence-electron chi connectivity index (χ2n) is 6.28. The number of nitrogens with zero attached hydrogens (tertiary/aromatic N) is 3. The highest BCUT2D eigenvalue weighted by Gasteiger charge is 2.22. The summed E-state index contributed by atoms with van der Waals surface area (Å²) in [5.74, 6) is 1.14. The van der Waals surface area contributed by atoms with E-state index in [0.29, 0.717) is 11.6 Å². The van der Waals surface area contributed by atoms with Gasteiger partial charge in [0, 0.05) is 6.54 Å². The Hall–Kier alpha value is -1.93. The first kappa shape index (κ1) is 19.4. The van der Waals surface area contributed by atoms with E-state index in [1.165, 1.54) is 7.11 Å². The molecule has 8 heteroatoms. The summed E-state index contributed by atoms with van der Waals surface area (Å²) in [6, 6.07) is 3.46. The van der Waals surface area contributed by atoms with Gasteiger partial charge in [0.05, 0.1) is 13.7 Å². The van der Waals surface area contributed by atoms with Gasteiger partial charge >= 0.3 is 0 Å². The molecule has 0 unspecified atom stereocenters. The minimum atomic E-state index is -3.74. The lowest BCUT2D eigenvalue weighted by atomic mass is 9.98. The predicted molar refractivity (Wildman–Crippen MR) is 96.2 cm³/mol. The third-order valence-corrected chi connectivity index (χ3v) is 5.47. The zero-order chi connectivity index (χ0) is 18.6. The third kappa shape index (κ3) is 4.38. The summed E-state index contributed by atoms with van der Waals surface area (Å²) >= 11 is 0. The maximum atomic E-state index is 12.8. The van der Waals surface area contributed by atoms with E-state index in [0.717, 1.165) is 24.1 Å². The van der Waals surface area contributed by atoms with E-state index in [2.05, 4.69) is 14.9 Å². The molecule has 138 valence electrons. The Balaban J connectivity index is 2.32. The molecule has 0 saturated carbocycles. The lowest BCUT2D eigenvalue weighted by molar-refractivity contribution is 0.401. The normalized spacial score (nSPS) is 11.9. The molecule has 1 N–H and O–H groups in total. The lowest BCUT2D eigenvalue weighted by Crippen LogP contribution is -2.26. The Morgan fingerprint density at radius 1 is 1.32 bits per heavy atom. The first-order valence-corrected chi connectivity index (χ1v) is 9.83. The molecule has 0 saturated heterocycles. The molecule has 0 atom stereocenters. The van der Waals surface area contributed by atoms with Gasteiger partial charge in [-0.3, -0.25) is 0 Å². The summed E-state index contributed by atoms with van der Waals surface area (Å²) in [4.78, 5) is 0.144. The maximum absolute atomic E-state index is 12.8. The van der Waals surface area contributed by atoms with E-state index in [1.54, 1.807) is 18.5 Å². The van der Waals surface area contributed by atoms with Crippen LogP contribution in [0.5, 0.6) is 5.75 Å². The van der Waals surface area contributed by atoms with Crippen molar-refractivity contribution in [3.05, 3.63) is 35.4 Å². The second kappa shape index (κ2) is 7.97. The van der Waals surface area contributed by atoms with Gasteiger partial charge in [-0.15, -0.1) is 10.2 Å². The first-order chi connectivity index (χ1) is 11.8. The van der Waals surface area contributed by atoms with E-state index >= 15 is 0 Å². The van der Waals surface area contributed by atoms with Gasteiger partial charge in [0.25, 0.3) is 0 Å². The molecule has 0 amide bonds. The summed E-state index contributed by atoms with van der Waals surface area (Å²) in [7, 11) is -2.27. The average molecular weight is 366 g/mol. The predicted octanol–water partition coefficient (Wildman–Crippen LogP) is 2.61. The lowest BCUT2D eigenvalue weighted by Gasteiger charge is -2.16. The molecule has 0 aliphatic rings. The van der Waals surface area contributed by atoms with Crippen LogP contribution in [0, 0.1) is 6.92 Å². The van der Waals surface area contributed by atoms with Crippen molar-refractivity contribution in [3.63, 3.8) is 0 Å². The number of methoxy groups -OCH3 is 1. The number of rotatable bonds is 8. The number of hydrogen-bond acceptors (Lipinski definition) is 5. The summed E-state index contributed by atoms with van der Waals surface area (Å²) in [5, 5.41) is 7.84. The molecular formula is C17H26N4O3S. The number of sulfonamides is 1. The fourth-order valence-electron chi connectivity index (χ4n) is 2.75. The minimum Gasteiger partial charge on any atom is -0.495 e. The van der Waals surface area contributed by atoms with Crippen molar-refractivity contribution < 1.29 is 13.2 Å². The van der Waals surface area contributed by atoms with Gasteiger partial charge in [0.2, 0.25) is 10.0 Å². The Morgan fingerprint density at radius 2 is 2.04 bits per heavy atom. The highest BCUT2D eigenvalue weighted by atomic mass is 32.2. The van der Waals surface area contributed by atoms with Gasteiger partial charge in [0.1, 0.15) is 22.8 Å². The molecule has 1 heterocycles. The molecule has 7 nitrogen and oxygen atoms in total. The van der Waals surface area contributed by atoms with Crippen molar-refractivity contribution in [2.24, 2.45) is 0 Å². The van der Waals surface area contributed by atoms with Crippen molar-refractivity contribution in [1.29, 1.82) is 0 Å². The molecule has 1 aromatic carbocycles. The molecule has 0 spiro atoms. The highest BCUT2D eigenvalue weighted by Crippen LogP contribution is 2.31. The Kier molecular flexibility index (Phi) is 6.18. The quantitative estimate of drug-likeness (QED) is 0.776. The molecule has 2 rings (SSSR count). The minimum absolute atomic E-state index is 0.0797. The van der Waals surface area contributed by atoms with Crippen molar-refractivity contribution in [2.45, 2.75) is 58.0 Å². The van der Waals surface area contributed by atoms with Crippen molar-refractivity contribution in [3.8, 4) is 5.75 Å². The summed E-state index contributed by atoms with van der Waals surface area (Å²) in [6.45, 7) is 8.89. The van der Waals surface area contributed by atoms with Gasteiger partial charge in [-0.1, -0.05) is 20.8 Å². The zero-order valence-electron chi connectivity index (χ0n) is 15.4. The van der Waals surface area contributed by atoms with Crippen LogP contribution < -0.4 is 9.46 Å². The molecule has 0 aliphatic heterocycles. The average Bonchev–Trinajstić information content (AvgIpc) is 2.99. The standard InChI is InChI=1S/C17H26N4O3S/c1-6-7-21-11-18-20-17(21)10-19-25(22,23)16-9-14(12(2)3)13(4)8-15(16)24-5/h8-9,11-12,19H,6-7,10H2,1-5H3. The number of aromatic nitrogens is 3. The van der Waals surface area contributed by atoms with E-state index < -0.39 is 10.0 Å².